The maximum atomic E-state index is 6.15. The number of nitrogens with two attached hydrogens (primary N) is 2. The van der Waals surface area contributed by atoms with E-state index in [4.69, 9.17) is 16.2 Å². The molecule has 3 heteroatoms. The molecule has 1 rings (SSSR count). The Bertz CT molecular complexity index is 297. The van der Waals surface area contributed by atoms with Gasteiger partial charge in [0.25, 0.3) is 0 Å². The lowest BCUT2D eigenvalue weighted by molar-refractivity contribution is 0.406. The molecule has 0 spiro atoms. The number of benzene rings is 1. The average molecular weight is 208 g/mol. The van der Waals surface area contributed by atoms with E-state index in [0.29, 0.717) is 12.5 Å². The molecular weight excluding hydrogens is 188 g/mol. The van der Waals surface area contributed by atoms with Crippen molar-refractivity contribution in [2.75, 3.05) is 13.7 Å². The van der Waals surface area contributed by atoms with Crippen LogP contribution in [0.25, 0.3) is 0 Å². The number of ether oxygens (including phenoxy) is 1. The lowest BCUT2D eigenvalue weighted by Crippen LogP contribution is -2.27. The first-order valence-electron chi connectivity index (χ1n) is 5.32. The smallest absolute Gasteiger partial charge is 0.119 e. The maximum absolute atomic E-state index is 6.15. The van der Waals surface area contributed by atoms with Crippen molar-refractivity contribution >= 4 is 0 Å². The van der Waals surface area contributed by atoms with Crippen molar-refractivity contribution in [2.24, 2.45) is 17.4 Å². The fourth-order valence-electron chi connectivity index (χ4n) is 1.69. The van der Waals surface area contributed by atoms with E-state index >= 15 is 0 Å². The molecule has 0 aromatic heterocycles. The van der Waals surface area contributed by atoms with Gasteiger partial charge in [0, 0.05) is 6.04 Å². The summed E-state index contributed by atoms with van der Waals surface area (Å²) in [6.45, 7) is 2.73. The summed E-state index contributed by atoms with van der Waals surface area (Å²) in [5, 5.41) is 0. The largest absolute Gasteiger partial charge is 0.497 e. The zero-order valence-electron chi connectivity index (χ0n) is 9.44. The zero-order chi connectivity index (χ0) is 11.3. The van der Waals surface area contributed by atoms with Gasteiger partial charge in [-0.15, -0.1) is 0 Å². The van der Waals surface area contributed by atoms with E-state index in [9.17, 15) is 0 Å². The van der Waals surface area contributed by atoms with Crippen LogP contribution in [-0.2, 0) is 0 Å². The van der Waals surface area contributed by atoms with Crippen LogP contribution in [0.15, 0.2) is 24.3 Å². The second kappa shape index (κ2) is 5.73. The Morgan fingerprint density at radius 3 is 2.67 bits per heavy atom. The summed E-state index contributed by atoms with van der Waals surface area (Å²) in [5.41, 5.74) is 12.9. The first-order valence-corrected chi connectivity index (χ1v) is 5.32. The first-order chi connectivity index (χ1) is 7.22. The third-order valence-corrected chi connectivity index (χ3v) is 2.81. The van der Waals surface area contributed by atoms with Crippen LogP contribution >= 0.6 is 0 Å². The highest BCUT2D eigenvalue weighted by Gasteiger charge is 2.16. The highest BCUT2D eigenvalue weighted by molar-refractivity contribution is 5.30. The number of rotatable bonds is 5. The maximum Gasteiger partial charge on any atom is 0.119 e. The monoisotopic (exact) mass is 208 g/mol. The molecule has 2 atom stereocenters. The Hall–Kier alpha value is -1.06. The van der Waals surface area contributed by atoms with Gasteiger partial charge in [-0.25, -0.2) is 0 Å². The first kappa shape index (κ1) is 12.0. The number of methoxy groups -OCH3 is 1. The minimum absolute atomic E-state index is 0.00454. The standard InChI is InChI=1S/C12H20N2O/c1-3-9(8-13)12(14)10-5-4-6-11(7-10)15-2/h4-7,9,12H,3,8,13-14H2,1-2H3. The molecule has 0 aliphatic rings. The van der Waals surface area contributed by atoms with Crippen molar-refractivity contribution in [1.29, 1.82) is 0 Å². The summed E-state index contributed by atoms with van der Waals surface area (Å²) in [6, 6.07) is 7.86. The van der Waals surface area contributed by atoms with E-state index in [1.54, 1.807) is 7.11 Å². The predicted molar refractivity (Wildman–Crippen MR) is 62.8 cm³/mol. The van der Waals surface area contributed by atoms with Gasteiger partial charge in [-0.2, -0.15) is 0 Å². The number of hydrogen-bond donors (Lipinski definition) is 2. The van der Waals surface area contributed by atoms with Gasteiger partial charge >= 0.3 is 0 Å². The molecule has 0 fully saturated rings. The van der Waals surface area contributed by atoms with Crippen molar-refractivity contribution in [2.45, 2.75) is 19.4 Å². The second-order valence-corrected chi connectivity index (χ2v) is 3.71. The van der Waals surface area contributed by atoms with Crippen LogP contribution in [-0.4, -0.2) is 13.7 Å². The van der Waals surface area contributed by atoms with Gasteiger partial charge in [0.15, 0.2) is 0 Å². The summed E-state index contributed by atoms with van der Waals surface area (Å²) in [5.74, 6) is 1.17. The summed E-state index contributed by atoms with van der Waals surface area (Å²) in [7, 11) is 1.66. The molecule has 0 amide bonds. The molecule has 0 radical (unpaired) electrons. The summed E-state index contributed by atoms with van der Waals surface area (Å²) in [6.07, 6.45) is 0.995. The van der Waals surface area contributed by atoms with E-state index in [1.807, 2.05) is 24.3 Å². The molecule has 15 heavy (non-hydrogen) atoms. The molecule has 0 heterocycles. The molecule has 1 aromatic rings. The Morgan fingerprint density at radius 1 is 1.40 bits per heavy atom. The van der Waals surface area contributed by atoms with Crippen molar-refractivity contribution in [3.05, 3.63) is 29.8 Å². The molecule has 84 valence electrons. The van der Waals surface area contributed by atoms with E-state index in [-0.39, 0.29) is 6.04 Å². The van der Waals surface area contributed by atoms with Gasteiger partial charge in [-0.05, 0) is 30.2 Å². The Labute approximate surface area is 91.4 Å². The Kier molecular flexibility index (Phi) is 4.59. The normalized spacial score (nSPS) is 14.7. The van der Waals surface area contributed by atoms with Crippen LogP contribution in [0.5, 0.6) is 5.75 Å². The van der Waals surface area contributed by atoms with E-state index in [2.05, 4.69) is 6.92 Å². The van der Waals surface area contributed by atoms with Gasteiger partial charge in [0.05, 0.1) is 7.11 Å². The molecule has 0 saturated heterocycles. The van der Waals surface area contributed by atoms with E-state index in [1.165, 1.54) is 0 Å². The van der Waals surface area contributed by atoms with Crippen LogP contribution in [0.4, 0.5) is 0 Å². The predicted octanol–water partition coefficient (Wildman–Crippen LogP) is 1.68. The second-order valence-electron chi connectivity index (χ2n) is 3.71. The topological polar surface area (TPSA) is 61.3 Å². The van der Waals surface area contributed by atoms with Crippen molar-refractivity contribution in [3.63, 3.8) is 0 Å². The molecule has 0 aliphatic carbocycles. The molecule has 2 unspecified atom stereocenters. The SMILES string of the molecule is CCC(CN)C(N)c1cccc(OC)c1. The van der Waals surface area contributed by atoms with E-state index < -0.39 is 0 Å². The van der Waals surface area contributed by atoms with Crippen molar-refractivity contribution in [1.82, 2.24) is 0 Å². The van der Waals surface area contributed by atoms with Gasteiger partial charge in [0.1, 0.15) is 5.75 Å². The highest BCUT2D eigenvalue weighted by Crippen LogP contribution is 2.24. The minimum Gasteiger partial charge on any atom is -0.497 e. The van der Waals surface area contributed by atoms with Gasteiger partial charge < -0.3 is 16.2 Å². The van der Waals surface area contributed by atoms with Crippen LogP contribution in [0, 0.1) is 5.92 Å². The molecule has 3 nitrogen and oxygen atoms in total. The zero-order valence-corrected chi connectivity index (χ0v) is 9.44. The Balaban J connectivity index is 2.84. The lowest BCUT2D eigenvalue weighted by Gasteiger charge is -2.21. The summed E-state index contributed by atoms with van der Waals surface area (Å²) >= 11 is 0. The minimum atomic E-state index is -0.00454. The third kappa shape index (κ3) is 2.94. The molecule has 1 aromatic carbocycles. The van der Waals surface area contributed by atoms with Crippen LogP contribution in [0.1, 0.15) is 24.9 Å². The molecule has 0 saturated carbocycles. The highest BCUT2D eigenvalue weighted by atomic mass is 16.5. The fourth-order valence-corrected chi connectivity index (χ4v) is 1.69. The van der Waals surface area contributed by atoms with Gasteiger partial charge in [0.2, 0.25) is 0 Å². The molecule has 0 aliphatic heterocycles. The van der Waals surface area contributed by atoms with Crippen molar-refractivity contribution < 1.29 is 4.74 Å². The third-order valence-electron chi connectivity index (χ3n) is 2.81. The summed E-state index contributed by atoms with van der Waals surface area (Å²) < 4.78 is 5.17. The van der Waals surface area contributed by atoms with Crippen LogP contribution in [0.3, 0.4) is 0 Å². The molecule has 4 N–H and O–H groups in total. The molecule has 0 bridgehead atoms. The number of hydrogen-bond acceptors (Lipinski definition) is 3. The average Bonchev–Trinajstić information content (AvgIpc) is 2.30. The van der Waals surface area contributed by atoms with Gasteiger partial charge in [-0.1, -0.05) is 25.5 Å². The Morgan fingerprint density at radius 2 is 2.13 bits per heavy atom. The quantitative estimate of drug-likeness (QED) is 0.774. The van der Waals surface area contributed by atoms with Crippen LogP contribution < -0.4 is 16.2 Å². The lowest BCUT2D eigenvalue weighted by atomic mass is 9.92. The fraction of sp³-hybridized carbons (Fsp3) is 0.500. The van der Waals surface area contributed by atoms with E-state index in [0.717, 1.165) is 17.7 Å². The molecular formula is C12H20N2O. The summed E-state index contributed by atoms with van der Waals surface area (Å²) in [4.78, 5) is 0. The van der Waals surface area contributed by atoms with Crippen LogP contribution in [0.2, 0.25) is 0 Å². The van der Waals surface area contributed by atoms with Gasteiger partial charge in [-0.3, -0.25) is 0 Å². The van der Waals surface area contributed by atoms with Crippen molar-refractivity contribution in [3.8, 4) is 5.75 Å².